The van der Waals surface area contributed by atoms with Gasteiger partial charge in [0.25, 0.3) is 0 Å². The Morgan fingerprint density at radius 3 is 2.72 bits per heavy atom. The summed E-state index contributed by atoms with van der Waals surface area (Å²) in [6.45, 7) is 5.18. The van der Waals surface area contributed by atoms with Crippen LogP contribution in [-0.4, -0.2) is 32.9 Å². The molecule has 0 saturated carbocycles. The van der Waals surface area contributed by atoms with Gasteiger partial charge < -0.3 is 5.32 Å². The smallest absolute Gasteiger partial charge is 0.140 e. The van der Waals surface area contributed by atoms with Crippen LogP contribution in [0.2, 0.25) is 0 Å². The number of anilines is 2. The third kappa shape index (κ3) is 4.95. The van der Waals surface area contributed by atoms with E-state index >= 15 is 0 Å². The topological polar surface area (TPSA) is 77.7 Å². The van der Waals surface area contributed by atoms with Crippen molar-refractivity contribution >= 4 is 11.5 Å². The van der Waals surface area contributed by atoms with Gasteiger partial charge in [-0.05, 0) is 68.2 Å². The van der Waals surface area contributed by atoms with E-state index in [1.54, 1.807) is 12.3 Å². The number of nitriles is 1. The maximum absolute atomic E-state index is 8.86. The third-order valence-corrected chi connectivity index (χ3v) is 5.26. The molecule has 1 fully saturated rings. The quantitative estimate of drug-likeness (QED) is 0.711. The van der Waals surface area contributed by atoms with Crippen LogP contribution in [0.25, 0.3) is 0 Å². The Morgan fingerprint density at radius 1 is 1.14 bits per heavy atom. The standard InChI is InChI=1S/C23H24N6/c1-17-11-18(14-25-13-17)16-29-9-7-19(8-10-29)22-3-2-4-23(28-22)27-21-6-5-20(12-24)26-15-21/h2-6,11,13-15,19H,7-10,16H2,1H3,(H,27,28). The Bertz CT molecular complexity index is 1000. The van der Waals surface area contributed by atoms with E-state index in [4.69, 9.17) is 10.2 Å². The van der Waals surface area contributed by atoms with Crippen molar-refractivity contribution in [3.8, 4) is 6.07 Å². The van der Waals surface area contributed by atoms with Gasteiger partial charge in [-0.25, -0.2) is 9.97 Å². The summed E-state index contributed by atoms with van der Waals surface area (Å²) in [5, 5.41) is 12.1. The normalized spacial score (nSPS) is 15.0. The number of aromatic nitrogens is 3. The summed E-state index contributed by atoms with van der Waals surface area (Å²) < 4.78 is 0. The van der Waals surface area contributed by atoms with E-state index in [0.717, 1.165) is 49.7 Å². The molecule has 1 saturated heterocycles. The van der Waals surface area contributed by atoms with E-state index in [0.29, 0.717) is 11.6 Å². The van der Waals surface area contributed by atoms with Gasteiger partial charge in [-0.1, -0.05) is 12.1 Å². The van der Waals surface area contributed by atoms with Crippen LogP contribution < -0.4 is 5.32 Å². The van der Waals surface area contributed by atoms with E-state index in [-0.39, 0.29) is 0 Å². The first-order valence-corrected chi connectivity index (χ1v) is 9.92. The molecule has 0 aliphatic carbocycles. The number of nitrogens with zero attached hydrogens (tertiary/aromatic N) is 5. The fraction of sp³-hybridized carbons (Fsp3) is 0.304. The number of pyridine rings is 3. The lowest BCUT2D eigenvalue weighted by atomic mass is 9.93. The molecular formula is C23H24N6. The van der Waals surface area contributed by atoms with Crippen molar-refractivity contribution in [2.45, 2.75) is 32.2 Å². The third-order valence-electron chi connectivity index (χ3n) is 5.26. The van der Waals surface area contributed by atoms with Gasteiger partial charge in [-0.15, -0.1) is 0 Å². The molecule has 1 aliphatic heterocycles. The first kappa shape index (κ1) is 19.0. The highest BCUT2D eigenvalue weighted by molar-refractivity contribution is 5.55. The molecule has 29 heavy (non-hydrogen) atoms. The number of likely N-dealkylation sites (tertiary alicyclic amines) is 1. The maximum Gasteiger partial charge on any atom is 0.140 e. The molecule has 0 atom stereocenters. The summed E-state index contributed by atoms with van der Waals surface area (Å²) in [6, 6.07) is 13.9. The average molecular weight is 384 g/mol. The minimum absolute atomic E-state index is 0.408. The van der Waals surface area contributed by atoms with Crippen molar-refractivity contribution in [2.75, 3.05) is 18.4 Å². The van der Waals surface area contributed by atoms with Crippen LogP contribution in [-0.2, 0) is 6.54 Å². The molecule has 3 aromatic heterocycles. The molecule has 0 spiro atoms. The molecule has 4 heterocycles. The largest absolute Gasteiger partial charge is 0.339 e. The molecule has 1 aliphatic rings. The SMILES string of the molecule is Cc1cncc(CN2CCC(c3cccc(Nc4ccc(C#N)nc4)n3)CC2)c1. The van der Waals surface area contributed by atoms with Gasteiger partial charge in [-0.3, -0.25) is 9.88 Å². The van der Waals surface area contributed by atoms with Gasteiger partial charge in [0.05, 0.1) is 11.9 Å². The Balaban J connectivity index is 1.36. The molecular weight excluding hydrogens is 360 g/mol. The number of piperidine rings is 1. The van der Waals surface area contributed by atoms with Crippen molar-refractivity contribution in [1.29, 1.82) is 5.26 Å². The van der Waals surface area contributed by atoms with Crippen LogP contribution in [0.5, 0.6) is 0 Å². The van der Waals surface area contributed by atoms with E-state index in [1.807, 2.05) is 36.7 Å². The average Bonchev–Trinajstić information content (AvgIpc) is 2.75. The first-order valence-electron chi connectivity index (χ1n) is 9.92. The Labute approximate surface area is 171 Å². The molecule has 0 amide bonds. The second-order valence-corrected chi connectivity index (χ2v) is 7.54. The summed E-state index contributed by atoms with van der Waals surface area (Å²) in [6.07, 6.45) is 7.73. The maximum atomic E-state index is 8.86. The van der Waals surface area contributed by atoms with Gasteiger partial charge in [-0.2, -0.15) is 5.26 Å². The second kappa shape index (κ2) is 8.80. The van der Waals surface area contributed by atoms with Gasteiger partial charge >= 0.3 is 0 Å². The number of rotatable bonds is 5. The Hall–Kier alpha value is -3.30. The van der Waals surface area contributed by atoms with E-state index in [9.17, 15) is 0 Å². The van der Waals surface area contributed by atoms with Crippen molar-refractivity contribution in [1.82, 2.24) is 19.9 Å². The molecule has 6 nitrogen and oxygen atoms in total. The monoisotopic (exact) mass is 384 g/mol. The fourth-order valence-electron chi connectivity index (χ4n) is 3.78. The molecule has 146 valence electrons. The van der Waals surface area contributed by atoms with Crippen LogP contribution in [0.3, 0.4) is 0 Å². The molecule has 6 heteroatoms. The molecule has 0 aromatic carbocycles. The van der Waals surface area contributed by atoms with Gasteiger partial charge in [0.1, 0.15) is 17.6 Å². The van der Waals surface area contributed by atoms with Gasteiger partial charge in [0.15, 0.2) is 0 Å². The molecule has 0 unspecified atom stereocenters. The predicted octanol–water partition coefficient (Wildman–Crippen LogP) is 4.17. The zero-order valence-corrected chi connectivity index (χ0v) is 16.5. The van der Waals surface area contributed by atoms with Gasteiger partial charge in [0.2, 0.25) is 0 Å². The van der Waals surface area contributed by atoms with E-state index in [1.165, 1.54) is 11.1 Å². The fourth-order valence-corrected chi connectivity index (χ4v) is 3.78. The van der Waals surface area contributed by atoms with Crippen LogP contribution in [0, 0.1) is 18.3 Å². The van der Waals surface area contributed by atoms with Crippen molar-refractivity contribution in [3.05, 3.63) is 77.5 Å². The first-order chi connectivity index (χ1) is 14.2. The highest BCUT2D eigenvalue weighted by Crippen LogP contribution is 2.28. The van der Waals surface area contributed by atoms with Crippen molar-refractivity contribution < 1.29 is 0 Å². The highest BCUT2D eigenvalue weighted by Gasteiger charge is 2.22. The summed E-state index contributed by atoms with van der Waals surface area (Å²) in [4.78, 5) is 15.7. The van der Waals surface area contributed by atoms with E-state index < -0.39 is 0 Å². The van der Waals surface area contributed by atoms with Crippen molar-refractivity contribution in [2.24, 2.45) is 0 Å². The van der Waals surface area contributed by atoms with Crippen LogP contribution in [0.1, 0.15) is 41.3 Å². The predicted molar refractivity (Wildman–Crippen MR) is 113 cm³/mol. The molecule has 0 radical (unpaired) electrons. The van der Waals surface area contributed by atoms with Crippen molar-refractivity contribution in [3.63, 3.8) is 0 Å². The highest BCUT2D eigenvalue weighted by atomic mass is 15.1. The van der Waals surface area contributed by atoms with E-state index in [2.05, 4.69) is 39.2 Å². The second-order valence-electron chi connectivity index (χ2n) is 7.54. The zero-order valence-electron chi connectivity index (χ0n) is 16.5. The number of hydrogen-bond acceptors (Lipinski definition) is 6. The minimum atomic E-state index is 0.408. The number of nitrogens with one attached hydrogen (secondary N) is 1. The Kier molecular flexibility index (Phi) is 5.78. The van der Waals surface area contributed by atoms with Crippen LogP contribution in [0.15, 0.2) is 55.0 Å². The van der Waals surface area contributed by atoms with Crippen LogP contribution >= 0.6 is 0 Å². The lowest BCUT2D eigenvalue weighted by Gasteiger charge is -2.31. The lowest BCUT2D eigenvalue weighted by molar-refractivity contribution is 0.203. The molecule has 0 bridgehead atoms. The molecule has 3 aromatic rings. The summed E-state index contributed by atoms with van der Waals surface area (Å²) in [5.74, 6) is 1.28. The summed E-state index contributed by atoms with van der Waals surface area (Å²) in [7, 11) is 0. The molecule has 1 N–H and O–H groups in total. The Morgan fingerprint density at radius 2 is 2.00 bits per heavy atom. The zero-order chi connectivity index (χ0) is 20.1. The van der Waals surface area contributed by atoms with Crippen LogP contribution in [0.4, 0.5) is 11.5 Å². The lowest BCUT2D eigenvalue weighted by Crippen LogP contribution is -2.32. The minimum Gasteiger partial charge on any atom is -0.339 e. The number of hydrogen-bond donors (Lipinski definition) is 1. The number of aryl methyl sites for hydroxylation is 1. The summed E-state index contributed by atoms with van der Waals surface area (Å²) >= 11 is 0. The summed E-state index contributed by atoms with van der Waals surface area (Å²) in [5.41, 5.74) is 4.86. The molecule has 4 rings (SSSR count). The van der Waals surface area contributed by atoms with Gasteiger partial charge in [0, 0.05) is 30.6 Å².